The largest absolute Gasteiger partial charge is 0.465 e. The summed E-state index contributed by atoms with van der Waals surface area (Å²) in [5.74, 6) is -1.41. The molecular weight excluding hydrogens is 467 g/mol. The number of carbonyl (C=O) groups is 1. The summed E-state index contributed by atoms with van der Waals surface area (Å²) in [7, 11) is -2.54. The van der Waals surface area contributed by atoms with Gasteiger partial charge in [-0.25, -0.2) is 17.6 Å². The van der Waals surface area contributed by atoms with Crippen LogP contribution in [-0.4, -0.2) is 21.5 Å². The summed E-state index contributed by atoms with van der Waals surface area (Å²) >= 11 is 6.39. The second-order valence-corrected chi connectivity index (χ2v) is 8.75. The summed E-state index contributed by atoms with van der Waals surface area (Å²) in [4.78, 5) is 11.8. The molecule has 128 valence electrons. The van der Waals surface area contributed by atoms with Crippen molar-refractivity contribution < 1.29 is 22.3 Å². The van der Waals surface area contributed by atoms with Crippen LogP contribution in [0.4, 0.5) is 4.39 Å². The second kappa shape index (κ2) is 7.33. The van der Waals surface area contributed by atoms with Crippen molar-refractivity contribution in [3.05, 3.63) is 61.8 Å². The topological polar surface area (TPSA) is 60.4 Å². The maximum Gasteiger partial charge on any atom is 0.338 e. The fourth-order valence-electron chi connectivity index (χ4n) is 2.14. The average Bonchev–Trinajstić information content (AvgIpc) is 2.49. The smallest absolute Gasteiger partial charge is 0.338 e. The zero-order valence-corrected chi connectivity index (χ0v) is 16.8. The third-order valence-electron chi connectivity index (χ3n) is 3.38. The van der Waals surface area contributed by atoms with E-state index >= 15 is 0 Å². The van der Waals surface area contributed by atoms with E-state index in [4.69, 9.17) is 0 Å². The highest BCUT2D eigenvalue weighted by molar-refractivity contribution is 9.10. The zero-order valence-electron chi connectivity index (χ0n) is 12.8. The number of aryl methyl sites for hydroxylation is 1. The molecular formula is C16H13Br2FO4S. The first kappa shape index (κ1) is 19.1. The highest BCUT2D eigenvalue weighted by Gasteiger charge is 2.23. The molecule has 0 aliphatic heterocycles. The maximum absolute atomic E-state index is 13.2. The molecule has 0 aromatic heterocycles. The lowest BCUT2D eigenvalue weighted by atomic mass is 10.1. The number of hydrogen-bond donors (Lipinski definition) is 0. The van der Waals surface area contributed by atoms with Gasteiger partial charge in [0, 0.05) is 8.95 Å². The predicted molar refractivity (Wildman–Crippen MR) is 95.2 cm³/mol. The molecule has 0 fully saturated rings. The molecule has 0 amide bonds. The van der Waals surface area contributed by atoms with E-state index in [0.29, 0.717) is 20.1 Å². The van der Waals surface area contributed by atoms with Crippen LogP contribution in [0.25, 0.3) is 0 Å². The fraction of sp³-hybridized carbons (Fsp3) is 0.188. The number of esters is 1. The van der Waals surface area contributed by atoms with Crippen molar-refractivity contribution in [3.8, 4) is 0 Å². The number of hydrogen-bond acceptors (Lipinski definition) is 4. The van der Waals surface area contributed by atoms with Crippen LogP contribution in [0.2, 0.25) is 0 Å². The molecule has 0 radical (unpaired) electrons. The summed E-state index contributed by atoms with van der Waals surface area (Å²) < 4.78 is 44.0. The van der Waals surface area contributed by atoms with E-state index in [1.54, 1.807) is 13.0 Å². The zero-order chi connectivity index (χ0) is 18.1. The highest BCUT2D eigenvalue weighted by atomic mass is 79.9. The van der Waals surface area contributed by atoms with Crippen LogP contribution in [0.5, 0.6) is 0 Å². The van der Waals surface area contributed by atoms with Gasteiger partial charge in [-0.15, -0.1) is 0 Å². The number of halogens is 3. The van der Waals surface area contributed by atoms with Gasteiger partial charge in [0.25, 0.3) is 0 Å². The van der Waals surface area contributed by atoms with Gasteiger partial charge in [-0.05, 0) is 58.2 Å². The minimum absolute atomic E-state index is 0.0234. The Morgan fingerprint density at radius 3 is 2.42 bits per heavy atom. The molecule has 0 saturated carbocycles. The SMILES string of the molecule is COC(=O)c1cc(S(=O)(=O)Cc2ccc(F)cc2Br)c(Br)cc1C. The first-order valence-electron chi connectivity index (χ1n) is 6.71. The summed E-state index contributed by atoms with van der Waals surface area (Å²) in [5, 5.41) is 0. The lowest BCUT2D eigenvalue weighted by Gasteiger charge is -2.12. The van der Waals surface area contributed by atoms with Crippen LogP contribution in [0, 0.1) is 12.7 Å². The van der Waals surface area contributed by atoms with Crippen LogP contribution in [-0.2, 0) is 20.3 Å². The molecule has 0 atom stereocenters. The molecule has 2 rings (SSSR count). The van der Waals surface area contributed by atoms with Crippen molar-refractivity contribution in [1.82, 2.24) is 0 Å². The summed E-state index contributed by atoms with van der Waals surface area (Å²) in [6.45, 7) is 1.68. The second-order valence-electron chi connectivity index (χ2n) is 5.08. The molecule has 0 aliphatic rings. The van der Waals surface area contributed by atoms with Crippen molar-refractivity contribution in [2.75, 3.05) is 7.11 Å². The number of rotatable bonds is 4. The summed E-state index contributed by atoms with van der Waals surface area (Å²) in [6.07, 6.45) is 0. The molecule has 0 N–H and O–H groups in total. The normalized spacial score (nSPS) is 11.4. The Bertz CT molecular complexity index is 911. The average molecular weight is 480 g/mol. The van der Waals surface area contributed by atoms with Crippen molar-refractivity contribution in [3.63, 3.8) is 0 Å². The number of carbonyl (C=O) groups excluding carboxylic acids is 1. The monoisotopic (exact) mass is 478 g/mol. The van der Waals surface area contributed by atoms with Gasteiger partial charge in [-0.3, -0.25) is 0 Å². The molecule has 0 saturated heterocycles. The van der Waals surface area contributed by atoms with Gasteiger partial charge in [-0.2, -0.15) is 0 Å². The molecule has 8 heteroatoms. The Morgan fingerprint density at radius 1 is 1.17 bits per heavy atom. The van der Waals surface area contributed by atoms with Crippen LogP contribution < -0.4 is 0 Å². The van der Waals surface area contributed by atoms with Crippen molar-refractivity contribution in [2.45, 2.75) is 17.6 Å². The highest BCUT2D eigenvalue weighted by Crippen LogP contribution is 2.30. The number of benzene rings is 2. The third kappa shape index (κ3) is 4.04. The minimum Gasteiger partial charge on any atom is -0.465 e. The van der Waals surface area contributed by atoms with Crippen LogP contribution >= 0.6 is 31.9 Å². The van der Waals surface area contributed by atoms with Crippen molar-refractivity contribution in [1.29, 1.82) is 0 Å². The van der Waals surface area contributed by atoms with Crippen molar-refractivity contribution >= 4 is 47.7 Å². The first-order valence-corrected chi connectivity index (χ1v) is 9.94. The summed E-state index contributed by atoms with van der Waals surface area (Å²) in [5.41, 5.74) is 1.19. The molecule has 0 heterocycles. The van der Waals surface area contributed by atoms with Crippen molar-refractivity contribution in [2.24, 2.45) is 0 Å². The van der Waals surface area contributed by atoms with E-state index < -0.39 is 21.6 Å². The predicted octanol–water partition coefficient (Wildman–Crippen LogP) is 4.42. The minimum atomic E-state index is -3.77. The number of sulfone groups is 1. The van der Waals surface area contributed by atoms with Crippen LogP contribution in [0.15, 0.2) is 44.2 Å². The summed E-state index contributed by atoms with van der Waals surface area (Å²) in [6, 6.07) is 6.64. The van der Waals surface area contributed by atoms with Crippen LogP contribution in [0.1, 0.15) is 21.5 Å². The Hall–Kier alpha value is -1.25. The molecule has 2 aromatic rings. The molecule has 24 heavy (non-hydrogen) atoms. The standard InChI is InChI=1S/C16H13Br2FO4S/c1-9-5-14(18)15(7-12(9)16(20)23-2)24(21,22)8-10-3-4-11(19)6-13(10)17/h3-7H,8H2,1-2H3. The van der Waals surface area contributed by atoms with Gasteiger partial charge >= 0.3 is 5.97 Å². The van der Waals surface area contributed by atoms with Crippen LogP contribution in [0.3, 0.4) is 0 Å². The molecule has 0 bridgehead atoms. The molecule has 0 aliphatic carbocycles. The lowest BCUT2D eigenvalue weighted by molar-refractivity contribution is 0.0599. The number of ether oxygens (including phenoxy) is 1. The Labute approximate surface area is 156 Å². The molecule has 4 nitrogen and oxygen atoms in total. The van der Waals surface area contributed by atoms with Gasteiger partial charge in [0.05, 0.1) is 23.3 Å². The van der Waals surface area contributed by atoms with Gasteiger partial charge in [-0.1, -0.05) is 22.0 Å². The lowest BCUT2D eigenvalue weighted by Crippen LogP contribution is -2.10. The van der Waals surface area contributed by atoms with Gasteiger partial charge in [0.1, 0.15) is 5.82 Å². The van der Waals surface area contributed by atoms with E-state index in [2.05, 4.69) is 36.6 Å². The molecule has 2 aromatic carbocycles. The maximum atomic E-state index is 13.2. The van der Waals surface area contributed by atoms with E-state index in [0.717, 1.165) is 0 Å². The van der Waals surface area contributed by atoms with E-state index in [1.807, 2.05) is 0 Å². The molecule has 0 spiro atoms. The quantitative estimate of drug-likeness (QED) is 0.609. The molecule has 0 unspecified atom stereocenters. The van der Waals surface area contributed by atoms with E-state index in [9.17, 15) is 17.6 Å². The van der Waals surface area contributed by atoms with Gasteiger partial charge in [0.15, 0.2) is 9.84 Å². The Morgan fingerprint density at radius 2 is 1.83 bits per heavy atom. The van der Waals surface area contributed by atoms with Gasteiger partial charge in [0.2, 0.25) is 0 Å². The fourth-order valence-corrected chi connectivity index (χ4v) is 5.49. The Balaban J connectivity index is 2.51. The third-order valence-corrected chi connectivity index (χ3v) is 6.74. The van der Waals surface area contributed by atoms with E-state index in [1.165, 1.54) is 31.4 Å². The first-order chi connectivity index (χ1) is 11.2. The van der Waals surface area contributed by atoms with E-state index in [-0.39, 0.29) is 16.2 Å². The number of methoxy groups -OCH3 is 1. The van der Waals surface area contributed by atoms with Gasteiger partial charge < -0.3 is 4.74 Å². The Kier molecular flexibility index (Phi) is 5.83.